The second-order valence-corrected chi connectivity index (χ2v) is 6.64. The number of methoxy groups -OCH3 is 1. The number of hydrogen-bond donors (Lipinski definition) is 2. The van der Waals surface area contributed by atoms with E-state index in [1.165, 1.54) is 0 Å². The number of nitrogens with zero attached hydrogens (tertiary/aromatic N) is 2. The Labute approximate surface area is 141 Å². The van der Waals surface area contributed by atoms with Gasteiger partial charge >= 0.3 is 0 Å². The van der Waals surface area contributed by atoms with Gasteiger partial charge in [0.25, 0.3) is 5.91 Å². The van der Waals surface area contributed by atoms with E-state index in [0.29, 0.717) is 18.8 Å². The van der Waals surface area contributed by atoms with Crippen LogP contribution < -0.4 is 10.5 Å². The van der Waals surface area contributed by atoms with Gasteiger partial charge in [0.1, 0.15) is 5.75 Å². The number of amides is 1. The number of carbonyl (C=O) groups is 1. The molecule has 2 aliphatic rings. The lowest BCUT2D eigenvalue weighted by atomic mass is 9.95. The molecule has 2 atom stereocenters. The summed E-state index contributed by atoms with van der Waals surface area (Å²) in [6, 6.07) is 7.86. The van der Waals surface area contributed by atoms with Crippen molar-refractivity contribution in [1.82, 2.24) is 15.1 Å². The smallest absolute Gasteiger partial charge is 0.274 e. The highest BCUT2D eigenvalue weighted by Crippen LogP contribution is 2.31. The summed E-state index contributed by atoms with van der Waals surface area (Å²) in [5, 5.41) is 7.27. The molecule has 0 radical (unpaired) electrons. The highest BCUT2D eigenvalue weighted by atomic mass is 16.5. The van der Waals surface area contributed by atoms with Crippen molar-refractivity contribution in [3.8, 4) is 5.75 Å². The van der Waals surface area contributed by atoms with Gasteiger partial charge in [-0.3, -0.25) is 9.89 Å². The van der Waals surface area contributed by atoms with E-state index in [-0.39, 0.29) is 17.9 Å². The van der Waals surface area contributed by atoms with Crippen molar-refractivity contribution in [3.05, 3.63) is 46.8 Å². The van der Waals surface area contributed by atoms with Gasteiger partial charge in [0.15, 0.2) is 5.69 Å². The Morgan fingerprint density at radius 1 is 1.38 bits per heavy atom. The van der Waals surface area contributed by atoms with E-state index >= 15 is 0 Å². The molecule has 6 heteroatoms. The first-order valence-corrected chi connectivity index (χ1v) is 8.42. The van der Waals surface area contributed by atoms with E-state index in [0.717, 1.165) is 41.8 Å². The molecule has 0 spiro atoms. The molecule has 0 bridgehead atoms. The van der Waals surface area contributed by atoms with Crippen LogP contribution in [0.3, 0.4) is 0 Å². The Hall–Kier alpha value is -2.34. The average Bonchev–Trinajstić information content (AvgIpc) is 3.29. The first kappa shape index (κ1) is 15.2. The minimum Gasteiger partial charge on any atom is -0.497 e. The van der Waals surface area contributed by atoms with Crippen molar-refractivity contribution >= 4 is 5.91 Å². The second-order valence-electron chi connectivity index (χ2n) is 6.64. The summed E-state index contributed by atoms with van der Waals surface area (Å²) in [7, 11) is 1.65. The van der Waals surface area contributed by atoms with Crippen molar-refractivity contribution in [1.29, 1.82) is 0 Å². The van der Waals surface area contributed by atoms with E-state index in [2.05, 4.69) is 10.2 Å². The van der Waals surface area contributed by atoms with E-state index in [1.807, 2.05) is 29.2 Å². The average molecular weight is 326 g/mol. The third-order valence-electron chi connectivity index (χ3n) is 5.18. The van der Waals surface area contributed by atoms with E-state index in [4.69, 9.17) is 10.5 Å². The number of aromatic amines is 1. The van der Waals surface area contributed by atoms with Crippen molar-refractivity contribution < 1.29 is 9.53 Å². The zero-order chi connectivity index (χ0) is 16.7. The fraction of sp³-hybridized carbons (Fsp3) is 0.444. The van der Waals surface area contributed by atoms with Gasteiger partial charge in [-0.05, 0) is 37.0 Å². The first-order valence-electron chi connectivity index (χ1n) is 8.42. The Balaban J connectivity index is 1.55. The number of likely N-dealkylation sites (tertiary alicyclic amines) is 1. The molecule has 2 unspecified atom stereocenters. The largest absolute Gasteiger partial charge is 0.497 e. The van der Waals surface area contributed by atoms with E-state index in [1.54, 1.807) is 7.11 Å². The lowest BCUT2D eigenvalue weighted by Crippen LogP contribution is -2.32. The molecule has 1 aliphatic carbocycles. The third kappa shape index (κ3) is 2.47. The fourth-order valence-electron chi connectivity index (χ4n) is 3.87. The molecule has 4 rings (SSSR count). The molecule has 1 aliphatic heterocycles. The highest BCUT2D eigenvalue weighted by Gasteiger charge is 2.36. The van der Waals surface area contributed by atoms with Crippen molar-refractivity contribution in [2.45, 2.75) is 31.2 Å². The number of benzene rings is 1. The van der Waals surface area contributed by atoms with Crippen LogP contribution in [0.15, 0.2) is 24.3 Å². The molecule has 6 nitrogen and oxygen atoms in total. The number of hydrogen-bond acceptors (Lipinski definition) is 4. The fourth-order valence-corrected chi connectivity index (χ4v) is 3.87. The summed E-state index contributed by atoms with van der Waals surface area (Å²) >= 11 is 0. The second kappa shape index (κ2) is 5.94. The molecule has 1 saturated heterocycles. The van der Waals surface area contributed by atoms with Crippen LogP contribution in [0.2, 0.25) is 0 Å². The third-order valence-corrected chi connectivity index (χ3v) is 5.18. The molecule has 1 amide bonds. The number of aromatic nitrogens is 2. The predicted molar refractivity (Wildman–Crippen MR) is 90.2 cm³/mol. The SMILES string of the molecule is COc1cccc(C2CN(C(=O)c3n[nH]c4c3CCC4)CC2N)c1. The molecular formula is C18H22N4O2. The van der Waals surface area contributed by atoms with Crippen LogP contribution in [-0.2, 0) is 12.8 Å². The highest BCUT2D eigenvalue weighted by molar-refractivity contribution is 5.94. The van der Waals surface area contributed by atoms with Crippen LogP contribution in [0, 0.1) is 0 Å². The molecule has 126 valence electrons. The molecule has 1 aromatic carbocycles. The van der Waals surface area contributed by atoms with Gasteiger partial charge in [-0.15, -0.1) is 0 Å². The van der Waals surface area contributed by atoms with Crippen LogP contribution in [-0.4, -0.2) is 47.2 Å². The molecule has 1 aromatic heterocycles. The van der Waals surface area contributed by atoms with Crippen LogP contribution in [0.1, 0.15) is 39.6 Å². The number of rotatable bonds is 3. The number of nitrogens with two attached hydrogens (primary N) is 1. The summed E-state index contributed by atoms with van der Waals surface area (Å²) in [6.45, 7) is 1.18. The predicted octanol–water partition coefficient (Wildman–Crippen LogP) is 1.47. The molecule has 0 saturated carbocycles. The molecule has 2 aromatic rings. The Kier molecular flexibility index (Phi) is 3.76. The quantitative estimate of drug-likeness (QED) is 0.895. The van der Waals surface area contributed by atoms with Crippen LogP contribution in [0.4, 0.5) is 0 Å². The molecular weight excluding hydrogens is 304 g/mol. The zero-order valence-corrected chi connectivity index (χ0v) is 13.8. The monoisotopic (exact) mass is 326 g/mol. The van der Waals surface area contributed by atoms with Gasteiger partial charge in [0, 0.05) is 36.3 Å². The number of ether oxygens (including phenoxy) is 1. The maximum Gasteiger partial charge on any atom is 0.274 e. The van der Waals surface area contributed by atoms with Gasteiger partial charge in [-0.2, -0.15) is 5.10 Å². The number of aryl methyl sites for hydroxylation is 1. The number of nitrogens with one attached hydrogen (secondary N) is 1. The van der Waals surface area contributed by atoms with Gasteiger partial charge in [0.2, 0.25) is 0 Å². The van der Waals surface area contributed by atoms with E-state index in [9.17, 15) is 4.79 Å². The topological polar surface area (TPSA) is 84.2 Å². The zero-order valence-electron chi connectivity index (χ0n) is 13.8. The van der Waals surface area contributed by atoms with E-state index < -0.39 is 0 Å². The summed E-state index contributed by atoms with van der Waals surface area (Å²) < 4.78 is 5.30. The molecule has 2 heterocycles. The Bertz CT molecular complexity index is 770. The summed E-state index contributed by atoms with van der Waals surface area (Å²) in [5.74, 6) is 0.931. The van der Waals surface area contributed by atoms with Crippen molar-refractivity contribution in [3.63, 3.8) is 0 Å². The van der Waals surface area contributed by atoms with Crippen molar-refractivity contribution in [2.24, 2.45) is 5.73 Å². The van der Waals surface area contributed by atoms with Crippen LogP contribution in [0.25, 0.3) is 0 Å². The van der Waals surface area contributed by atoms with Gasteiger partial charge in [-0.25, -0.2) is 0 Å². The lowest BCUT2D eigenvalue weighted by molar-refractivity contribution is 0.0782. The summed E-state index contributed by atoms with van der Waals surface area (Å²) in [6.07, 6.45) is 3.02. The number of carbonyl (C=O) groups excluding carboxylic acids is 1. The Morgan fingerprint density at radius 2 is 2.25 bits per heavy atom. The minimum atomic E-state index is -0.0759. The molecule has 3 N–H and O–H groups in total. The molecule has 1 fully saturated rings. The van der Waals surface area contributed by atoms with Gasteiger partial charge in [-0.1, -0.05) is 12.1 Å². The maximum absolute atomic E-state index is 12.9. The van der Waals surface area contributed by atoms with Crippen LogP contribution >= 0.6 is 0 Å². The number of fused-ring (bicyclic) bond motifs is 1. The normalized spacial score (nSPS) is 22.7. The lowest BCUT2D eigenvalue weighted by Gasteiger charge is -2.16. The standard InChI is InChI=1S/C18H22N4O2/c1-24-12-5-2-4-11(8-12)14-9-22(10-15(14)19)18(23)17-13-6-3-7-16(13)20-21-17/h2,4-5,8,14-15H,3,6-7,9-10,19H2,1H3,(H,20,21). The molecule has 24 heavy (non-hydrogen) atoms. The first-order chi connectivity index (χ1) is 11.7. The summed E-state index contributed by atoms with van der Waals surface area (Å²) in [4.78, 5) is 14.7. The Morgan fingerprint density at radius 3 is 3.08 bits per heavy atom. The number of H-pyrrole nitrogens is 1. The van der Waals surface area contributed by atoms with Crippen LogP contribution in [0.5, 0.6) is 5.75 Å². The van der Waals surface area contributed by atoms with Gasteiger partial charge in [0.05, 0.1) is 7.11 Å². The maximum atomic E-state index is 12.9. The summed E-state index contributed by atoms with van der Waals surface area (Å²) in [5.41, 5.74) is 10.2. The van der Waals surface area contributed by atoms with Gasteiger partial charge < -0.3 is 15.4 Å². The minimum absolute atomic E-state index is 0.00440. The van der Waals surface area contributed by atoms with Crippen molar-refractivity contribution in [2.75, 3.05) is 20.2 Å².